The standard InChI is InChI=1S/C26H40F2O3/c1-2-3-8-11-20-13-15-21(16-14-20)12-9-6-4-5-7-10-19-31-23-18-17-22(26(29)30)24(27)25(23)28/h17-18,20-21H,2-16,19H2,1H3,(H,29,30)/t20-,21-. The first-order chi connectivity index (χ1) is 15.0. The summed E-state index contributed by atoms with van der Waals surface area (Å²) in [4.78, 5) is 10.8. The summed E-state index contributed by atoms with van der Waals surface area (Å²) in [7, 11) is 0. The molecule has 0 spiro atoms. The van der Waals surface area contributed by atoms with Gasteiger partial charge in [0.15, 0.2) is 11.6 Å². The summed E-state index contributed by atoms with van der Waals surface area (Å²) in [5.41, 5.74) is -0.676. The van der Waals surface area contributed by atoms with Crippen LogP contribution in [0.4, 0.5) is 8.78 Å². The number of halogens is 2. The molecule has 0 bridgehead atoms. The van der Waals surface area contributed by atoms with E-state index in [1.54, 1.807) is 0 Å². The van der Waals surface area contributed by atoms with E-state index in [2.05, 4.69) is 6.92 Å². The van der Waals surface area contributed by atoms with Gasteiger partial charge in [0.25, 0.3) is 0 Å². The number of benzene rings is 1. The molecule has 1 aromatic carbocycles. The summed E-state index contributed by atoms with van der Waals surface area (Å²) >= 11 is 0. The van der Waals surface area contributed by atoms with Crippen LogP contribution in [-0.4, -0.2) is 17.7 Å². The maximum atomic E-state index is 13.8. The van der Waals surface area contributed by atoms with Gasteiger partial charge in [-0.15, -0.1) is 0 Å². The zero-order valence-corrected chi connectivity index (χ0v) is 19.1. The third-order valence-corrected chi connectivity index (χ3v) is 6.72. The highest BCUT2D eigenvalue weighted by atomic mass is 19.2. The van der Waals surface area contributed by atoms with Crippen molar-refractivity contribution in [2.24, 2.45) is 11.8 Å². The summed E-state index contributed by atoms with van der Waals surface area (Å²) in [5, 5.41) is 8.79. The molecule has 1 fully saturated rings. The van der Waals surface area contributed by atoms with Crippen molar-refractivity contribution < 1.29 is 23.4 Å². The molecule has 0 amide bonds. The lowest BCUT2D eigenvalue weighted by atomic mass is 9.78. The van der Waals surface area contributed by atoms with E-state index >= 15 is 0 Å². The van der Waals surface area contributed by atoms with E-state index in [1.165, 1.54) is 83.1 Å². The topological polar surface area (TPSA) is 46.5 Å². The molecule has 31 heavy (non-hydrogen) atoms. The smallest absolute Gasteiger partial charge is 0.338 e. The van der Waals surface area contributed by atoms with Gasteiger partial charge in [0.05, 0.1) is 12.2 Å². The molecule has 0 aliphatic heterocycles. The maximum Gasteiger partial charge on any atom is 0.338 e. The molecule has 5 heteroatoms. The van der Waals surface area contributed by atoms with Gasteiger partial charge in [0.1, 0.15) is 0 Å². The van der Waals surface area contributed by atoms with Crippen LogP contribution in [0.2, 0.25) is 0 Å². The van der Waals surface area contributed by atoms with Crippen molar-refractivity contribution in [3.05, 3.63) is 29.3 Å². The predicted molar refractivity (Wildman–Crippen MR) is 121 cm³/mol. The van der Waals surface area contributed by atoms with Crippen molar-refractivity contribution in [1.29, 1.82) is 0 Å². The van der Waals surface area contributed by atoms with Crippen LogP contribution in [-0.2, 0) is 0 Å². The molecule has 176 valence electrons. The molecular weight excluding hydrogens is 398 g/mol. The Morgan fingerprint density at radius 2 is 1.42 bits per heavy atom. The number of carboxylic acid groups (broad SMARTS) is 1. The van der Waals surface area contributed by atoms with Gasteiger partial charge in [-0.3, -0.25) is 0 Å². The average molecular weight is 439 g/mol. The van der Waals surface area contributed by atoms with Crippen LogP contribution in [0.15, 0.2) is 12.1 Å². The summed E-state index contributed by atoms with van der Waals surface area (Å²) in [6.45, 7) is 2.59. The molecule has 1 saturated carbocycles. The highest BCUT2D eigenvalue weighted by Gasteiger charge is 2.20. The van der Waals surface area contributed by atoms with Crippen molar-refractivity contribution in [2.75, 3.05) is 6.61 Å². The largest absolute Gasteiger partial charge is 0.490 e. The van der Waals surface area contributed by atoms with Crippen LogP contribution in [0.3, 0.4) is 0 Å². The fraction of sp³-hybridized carbons (Fsp3) is 0.731. The summed E-state index contributed by atoms with van der Waals surface area (Å²) in [6.07, 6.45) is 19.4. The second-order valence-corrected chi connectivity index (χ2v) is 9.19. The fourth-order valence-electron chi connectivity index (χ4n) is 4.72. The second-order valence-electron chi connectivity index (χ2n) is 9.19. The van der Waals surface area contributed by atoms with E-state index in [4.69, 9.17) is 9.84 Å². The molecule has 2 rings (SSSR count). The first-order valence-electron chi connectivity index (χ1n) is 12.4. The number of rotatable bonds is 15. The van der Waals surface area contributed by atoms with E-state index in [9.17, 15) is 13.6 Å². The van der Waals surface area contributed by atoms with Crippen LogP contribution in [0.25, 0.3) is 0 Å². The fourth-order valence-corrected chi connectivity index (χ4v) is 4.72. The van der Waals surface area contributed by atoms with Crippen LogP contribution in [0, 0.1) is 23.5 Å². The van der Waals surface area contributed by atoms with Crippen molar-refractivity contribution in [2.45, 2.75) is 103 Å². The summed E-state index contributed by atoms with van der Waals surface area (Å²) in [6, 6.07) is 2.22. The minimum Gasteiger partial charge on any atom is -0.490 e. The van der Waals surface area contributed by atoms with Crippen LogP contribution < -0.4 is 4.74 Å². The molecule has 0 heterocycles. The molecule has 0 radical (unpaired) electrons. The number of hydrogen-bond acceptors (Lipinski definition) is 2. The summed E-state index contributed by atoms with van der Waals surface area (Å²) in [5.74, 6) is -2.37. The van der Waals surface area contributed by atoms with Crippen molar-refractivity contribution in [3.63, 3.8) is 0 Å². The Morgan fingerprint density at radius 3 is 2.00 bits per heavy atom. The van der Waals surface area contributed by atoms with Crippen LogP contribution in [0.1, 0.15) is 114 Å². The van der Waals surface area contributed by atoms with Crippen molar-refractivity contribution in [1.82, 2.24) is 0 Å². The molecule has 1 aromatic rings. The van der Waals surface area contributed by atoms with E-state index < -0.39 is 23.2 Å². The monoisotopic (exact) mass is 438 g/mol. The van der Waals surface area contributed by atoms with Crippen LogP contribution >= 0.6 is 0 Å². The molecule has 0 saturated heterocycles. The Morgan fingerprint density at radius 1 is 0.871 bits per heavy atom. The molecule has 3 nitrogen and oxygen atoms in total. The predicted octanol–water partition coefficient (Wildman–Crippen LogP) is 8.16. The Bertz CT molecular complexity index is 654. The third kappa shape index (κ3) is 9.16. The lowest BCUT2D eigenvalue weighted by Gasteiger charge is -2.28. The van der Waals surface area contributed by atoms with Gasteiger partial charge in [-0.2, -0.15) is 4.39 Å². The van der Waals surface area contributed by atoms with Gasteiger partial charge in [-0.25, -0.2) is 9.18 Å². The molecule has 1 N–H and O–H groups in total. The quantitative estimate of drug-likeness (QED) is 0.281. The maximum absolute atomic E-state index is 13.8. The van der Waals surface area contributed by atoms with Gasteiger partial charge in [0.2, 0.25) is 5.82 Å². The Kier molecular flexibility index (Phi) is 11.9. The van der Waals surface area contributed by atoms with Gasteiger partial charge >= 0.3 is 5.97 Å². The van der Waals surface area contributed by atoms with Gasteiger partial charge in [-0.1, -0.05) is 96.8 Å². The van der Waals surface area contributed by atoms with Crippen molar-refractivity contribution in [3.8, 4) is 5.75 Å². The number of unbranched alkanes of at least 4 members (excludes halogenated alkanes) is 7. The Balaban J connectivity index is 1.46. The first kappa shape index (κ1) is 25.6. The lowest BCUT2D eigenvalue weighted by molar-refractivity contribution is 0.0690. The molecule has 0 aromatic heterocycles. The molecule has 0 unspecified atom stereocenters. The zero-order chi connectivity index (χ0) is 22.5. The third-order valence-electron chi connectivity index (χ3n) is 6.72. The number of ether oxygens (including phenoxy) is 1. The Hall–Kier alpha value is -1.65. The van der Waals surface area contributed by atoms with Crippen LogP contribution in [0.5, 0.6) is 5.75 Å². The second kappa shape index (κ2) is 14.4. The van der Waals surface area contributed by atoms with Gasteiger partial charge in [-0.05, 0) is 30.4 Å². The number of aromatic carboxylic acids is 1. The molecular formula is C26H40F2O3. The van der Waals surface area contributed by atoms with Crippen molar-refractivity contribution >= 4 is 5.97 Å². The van der Waals surface area contributed by atoms with Gasteiger partial charge in [0, 0.05) is 0 Å². The van der Waals surface area contributed by atoms with E-state index in [0.717, 1.165) is 37.2 Å². The minimum atomic E-state index is -1.49. The SMILES string of the molecule is CCCCC[C@H]1CC[C@H](CCCCCCCCOc2ccc(C(=O)O)c(F)c2F)CC1. The zero-order valence-electron chi connectivity index (χ0n) is 19.1. The highest BCUT2D eigenvalue weighted by molar-refractivity contribution is 5.88. The van der Waals surface area contributed by atoms with E-state index in [1.807, 2.05) is 0 Å². The molecule has 1 aliphatic carbocycles. The Labute approximate surface area is 186 Å². The van der Waals surface area contributed by atoms with E-state index in [-0.39, 0.29) is 5.75 Å². The molecule has 0 atom stereocenters. The van der Waals surface area contributed by atoms with Gasteiger partial charge < -0.3 is 9.84 Å². The van der Waals surface area contributed by atoms with E-state index in [0.29, 0.717) is 6.61 Å². The highest BCUT2D eigenvalue weighted by Crippen LogP contribution is 2.34. The lowest BCUT2D eigenvalue weighted by Crippen LogP contribution is -2.14. The number of hydrogen-bond donors (Lipinski definition) is 1. The first-order valence-corrected chi connectivity index (χ1v) is 12.4. The number of carboxylic acids is 1. The number of carbonyl (C=O) groups is 1. The summed E-state index contributed by atoms with van der Waals surface area (Å²) < 4.78 is 32.8. The molecule has 1 aliphatic rings. The normalized spacial score (nSPS) is 18.8. The minimum absolute atomic E-state index is 0.220. The average Bonchev–Trinajstić information content (AvgIpc) is 2.76.